The molecule has 0 atom stereocenters. The van der Waals surface area contributed by atoms with E-state index in [0.717, 1.165) is 22.9 Å². The highest BCUT2D eigenvalue weighted by molar-refractivity contribution is 7.13. The maximum absolute atomic E-state index is 4.33. The van der Waals surface area contributed by atoms with Gasteiger partial charge in [-0.3, -0.25) is 5.43 Å². The summed E-state index contributed by atoms with van der Waals surface area (Å²) in [5, 5.41) is 8.29. The van der Waals surface area contributed by atoms with Crippen LogP contribution >= 0.6 is 11.3 Å². The van der Waals surface area contributed by atoms with Crippen molar-refractivity contribution in [2.45, 2.75) is 13.5 Å². The lowest BCUT2D eigenvalue weighted by Crippen LogP contribution is -1.97. The van der Waals surface area contributed by atoms with Crippen molar-refractivity contribution in [3.05, 3.63) is 83.0 Å². The van der Waals surface area contributed by atoms with Crippen LogP contribution in [0, 0.1) is 6.92 Å². The Kier molecular flexibility index (Phi) is 4.31. The second-order valence-corrected chi connectivity index (χ2v) is 6.77. The SMILES string of the molecule is Cc1csc(NN=Cc2ccc3c(ccn3Cc3ccccc3)c2)n1. The third kappa shape index (κ3) is 3.61. The molecule has 0 aliphatic rings. The molecule has 0 saturated carbocycles. The average molecular weight is 346 g/mol. The Hall–Kier alpha value is -2.92. The highest BCUT2D eigenvalue weighted by atomic mass is 32.1. The molecule has 4 rings (SSSR count). The lowest BCUT2D eigenvalue weighted by Gasteiger charge is -2.06. The zero-order valence-electron chi connectivity index (χ0n) is 13.9. The van der Waals surface area contributed by atoms with Crippen LogP contribution in [0.5, 0.6) is 0 Å². The Morgan fingerprint density at radius 2 is 2.04 bits per heavy atom. The molecule has 2 aromatic heterocycles. The number of hydrazone groups is 1. The van der Waals surface area contributed by atoms with E-state index in [1.165, 1.54) is 16.5 Å². The number of nitrogens with one attached hydrogen (secondary N) is 1. The number of aromatic nitrogens is 2. The van der Waals surface area contributed by atoms with Gasteiger partial charge in [-0.15, -0.1) is 11.3 Å². The van der Waals surface area contributed by atoms with Crippen LogP contribution in [0.2, 0.25) is 0 Å². The largest absolute Gasteiger partial charge is 0.343 e. The Bertz CT molecular complexity index is 1010. The zero-order valence-corrected chi connectivity index (χ0v) is 14.7. The van der Waals surface area contributed by atoms with Crippen LogP contribution in [-0.4, -0.2) is 15.8 Å². The average Bonchev–Trinajstić information content (AvgIpc) is 3.22. The van der Waals surface area contributed by atoms with Gasteiger partial charge in [-0.1, -0.05) is 36.4 Å². The summed E-state index contributed by atoms with van der Waals surface area (Å²) in [6.07, 6.45) is 3.96. The van der Waals surface area contributed by atoms with Crippen molar-refractivity contribution in [1.82, 2.24) is 9.55 Å². The minimum atomic E-state index is 0.809. The van der Waals surface area contributed by atoms with Gasteiger partial charge in [0.05, 0.1) is 11.9 Å². The molecule has 0 aliphatic heterocycles. The first kappa shape index (κ1) is 15.6. The summed E-state index contributed by atoms with van der Waals surface area (Å²) in [7, 11) is 0. The third-order valence-electron chi connectivity index (χ3n) is 3.98. The molecule has 25 heavy (non-hydrogen) atoms. The molecule has 2 heterocycles. The van der Waals surface area contributed by atoms with Crippen molar-refractivity contribution in [2.24, 2.45) is 5.10 Å². The molecule has 124 valence electrons. The third-order valence-corrected chi connectivity index (χ3v) is 4.85. The fraction of sp³-hybridized carbons (Fsp3) is 0.100. The van der Waals surface area contributed by atoms with Crippen molar-refractivity contribution < 1.29 is 0 Å². The summed E-state index contributed by atoms with van der Waals surface area (Å²) in [4.78, 5) is 4.33. The predicted octanol–water partition coefficient (Wildman–Crippen LogP) is 4.90. The number of anilines is 1. The standard InChI is InChI=1S/C20H18N4S/c1-15-14-25-20(22-15)23-21-12-17-7-8-19-18(11-17)9-10-24(19)13-16-5-3-2-4-6-16/h2-12,14H,13H2,1H3,(H,22,23). The minimum Gasteiger partial charge on any atom is -0.343 e. The molecule has 0 bridgehead atoms. The van der Waals surface area contributed by atoms with Gasteiger partial charge >= 0.3 is 0 Å². The Labute approximate surface area is 150 Å². The fourth-order valence-corrected chi connectivity index (χ4v) is 3.42. The van der Waals surface area contributed by atoms with E-state index in [1.54, 1.807) is 11.3 Å². The maximum atomic E-state index is 4.33. The molecule has 4 aromatic rings. The molecule has 0 fully saturated rings. The summed E-state index contributed by atoms with van der Waals surface area (Å²) in [5.74, 6) is 0. The van der Waals surface area contributed by atoms with Gasteiger partial charge in [-0.25, -0.2) is 4.98 Å². The van der Waals surface area contributed by atoms with Gasteiger partial charge in [0.25, 0.3) is 0 Å². The first-order valence-electron chi connectivity index (χ1n) is 8.12. The van der Waals surface area contributed by atoms with E-state index in [4.69, 9.17) is 0 Å². The van der Waals surface area contributed by atoms with Gasteiger partial charge in [-0.05, 0) is 36.2 Å². The second kappa shape index (κ2) is 6.91. The lowest BCUT2D eigenvalue weighted by molar-refractivity contribution is 0.837. The van der Waals surface area contributed by atoms with Crippen molar-refractivity contribution in [3.63, 3.8) is 0 Å². The van der Waals surface area contributed by atoms with Crippen molar-refractivity contribution in [3.8, 4) is 0 Å². The van der Waals surface area contributed by atoms with E-state index in [2.05, 4.69) is 74.8 Å². The summed E-state index contributed by atoms with van der Waals surface area (Å²) in [6, 6.07) is 19.0. The molecular formula is C20H18N4S. The smallest absolute Gasteiger partial charge is 0.203 e. The van der Waals surface area contributed by atoms with Crippen LogP contribution in [0.4, 0.5) is 5.13 Å². The van der Waals surface area contributed by atoms with Gasteiger partial charge in [-0.2, -0.15) is 5.10 Å². The predicted molar refractivity (Wildman–Crippen MR) is 106 cm³/mol. The van der Waals surface area contributed by atoms with E-state index >= 15 is 0 Å². The van der Waals surface area contributed by atoms with Gasteiger partial charge < -0.3 is 4.57 Å². The van der Waals surface area contributed by atoms with Gasteiger partial charge in [0, 0.05) is 29.0 Å². The van der Waals surface area contributed by atoms with Gasteiger partial charge in [0.2, 0.25) is 5.13 Å². The van der Waals surface area contributed by atoms with Crippen LogP contribution in [0.1, 0.15) is 16.8 Å². The molecule has 4 nitrogen and oxygen atoms in total. The topological polar surface area (TPSA) is 42.2 Å². The van der Waals surface area contributed by atoms with E-state index in [9.17, 15) is 0 Å². The number of thiazole rings is 1. The van der Waals surface area contributed by atoms with E-state index < -0.39 is 0 Å². The highest BCUT2D eigenvalue weighted by Crippen LogP contribution is 2.19. The fourth-order valence-electron chi connectivity index (χ4n) is 2.78. The van der Waals surface area contributed by atoms with Gasteiger partial charge in [0.15, 0.2) is 0 Å². The molecule has 5 heteroatoms. The van der Waals surface area contributed by atoms with Crippen LogP contribution in [0.3, 0.4) is 0 Å². The van der Waals surface area contributed by atoms with Crippen LogP contribution in [-0.2, 0) is 6.54 Å². The van der Waals surface area contributed by atoms with Crippen LogP contribution in [0.15, 0.2) is 71.3 Å². The van der Waals surface area contributed by atoms with E-state index in [-0.39, 0.29) is 0 Å². The summed E-state index contributed by atoms with van der Waals surface area (Å²) >= 11 is 1.55. The number of aryl methyl sites for hydroxylation is 1. The Balaban J connectivity index is 1.51. The first-order valence-corrected chi connectivity index (χ1v) is 9.00. The van der Waals surface area contributed by atoms with E-state index in [0.29, 0.717) is 0 Å². The maximum Gasteiger partial charge on any atom is 0.203 e. The van der Waals surface area contributed by atoms with Crippen LogP contribution < -0.4 is 5.43 Å². The monoisotopic (exact) mass is 346 g/mol. The summed E-state index contributed by atoms with van der Waals surface area (Å²) in [6.45, 7) is 2.85. The number of nitrogens with zero attached hydrogens (tertiary/aromatic N) is 3. The minimum absolute atomic E-state index is 0.809. The molecule has 0 unspecified atom stereocenters. The molecule has 0 amide bonds. The van der Waals surface area contributed by atoms with Crippen molar-refractivity contribution in [2.75, 3.05) is 5.43 Å². The Morgan fingerprint density at radius 1 is 1.16 bits per heavy atom. The molecular weight excluding hydrogens is 328 g/mol. The van der Waals surface area contributed by atoms with E-state index in [1.807, 2.05) is 24.6 Å². The molecule has 0 radical (unpaired) electrons. The van der Waals surface area contributed by atoms with Crippen molar-refractivity contribution in [1.29, 1.82) is 0 Å². The zero-order chi connectivity index (χ0) is 17.1. The molecule has 2 aromatic carbocycles. The molecule has 0 spiro atoms. The normalized spacial score (nSPS) is 11.4. The lowest BCUT2D eigenvalue weighted by atomic mass is 10.1. The van der Waals surface area contributed by atoms with Crippen molar-refractivity contribution >= 4 is 33.6 Å². The number of fused-ring (bicyclic) bond motifs is 1. The number of benzene rings is 2. The second-order valence-electron chi connectivity index (χ2n) is 5.91. The highest BCUT2D eigenvalue weighted by Gasteiger charge is 2.02. The summed E-state index contributed by atoms with van der Waals surface area (Å²) < 4.78 is 2.27. The van der Waals surface area contributed by atoms with Gasteiger partial charge in [0.1, 0.15) is 0 Å². The Morgan fingerprint density at radius 3 is 2.84 bits per heavy atom. The van der Waals surface area contributed by atoms with Crippen LogP contribution in [0.25, 0.3) is 10.9 Å². The number of hydrogen-bond acceptors (Lipinski definition) is 4. The number of hydrogen-bond donors (Lipinski definition) is 1. The quantitative estimate of drug-likeness (QED) is 0.412. The molecule has 0 saturated heterocycles. The first-order chi connectivity index (χ1) is 12.3. The molecule has 1 N–H and O–H groups in total. The molecule has 0 aliphatic carbocycles. The summed E-state index contributed by atoms with van der Waals surface area (Å²) in [5.41, 5.74) is 7.56. The number of rotatable bonds is 5.